The maximum absolute atomic E-state index is 11.3. The largest absolute Gasteiger partial charge is 0.418 e. The van der Waals surface area contributed by atoms with Crippen molar-refractivity contribution in [2.24, 2.45) is 5.73 Å². The number of hydrogen-bond donors (Lipinski definition) is 2. The molecule has 118 valence electrons. The number of rotatable bonds is 7. The normalized spacial score (nSPS) is 12.1. The van der Waals surface area contributed by atoms with Crippen molar-refractivity contribution in [1.82, 2.24) is 15.5 Å². The van der Waals surface area contributed by atoms with Gasteiger partial charge in [-0.1, -0.05) is 17.7 Å². The van der Waals surface area contributed by atoms with Gasteiger partial charge in [-0.25, -0.2) is 0 Å². The van der Waals surface area contributed by atoms with Crippen molar-refractivity contribution < 1.29 is 9.21 Å². The maximum Gasteiger partial charge on any atom is 0.247 e. The minimum absolute atomic E-state index is 0.118. The van der Waals surface area contributed by atoms with Crippen molar-refractivity contribution in [1.29, 1.82) is 0 Å². The Labute approximate surface area is 130 Å². The van der Waals surface area contributed by atoms with E-state index in [2.05, 4.69) is 15.5 Å². The molecule has 1 aromatic carbocycles. The average molecular weight is 302 g/mol. The predicted octanol–water partition coefficient (Wildman–Crippen LogP) is 2.35. The third-order valence-electron chi connectivity index (χ3n) is 3.36. The Balaban J connectivity index is 2.14. The third kappa shape index (κ3) is 4.39. The van der Waals surface area contributed by atoms with Crippen molar-refractivity contribution in [3.8, 4) is 11.5 Å². The van der Waals surface area contributed by atoms with Gasteiger partial charge in [-0.15, -0.1) is 10.2 Å². The molecule has 1 amide bonds. The van der Waals surface area contributed by atoms with E-state index in [0.29, 0.717) is 18.3 Å². The number of carbonyl (C=O) groups is 1. The monoisotopic (exact) mass is 302 g/mol. The van der Waals surface area contributed by atoms with Crippen molar-refractivity contribution in [2.75, 3.05) is 6.54 Å². The summed E-state index contributed by atoms with van der Waals surface area (Å²) in [6, 6.07) is 7.59. The second-order valence-electron chi connectivity index (χ2n) is 5.35. The average Bonchev–Trinajstić information content (AvgIpc) is 2.96. The highest BCUT2D eigenvalue weighted by Crippen LogP contribution is 2.23. The number of amides is 1. The second-order valence-corrected chi connectivity index (χ2v) is 5.35. The molecule has 6 heteroatoms. The van der Waals surface area contributed by atoms with Crippen LogP contribution in [-0.4, -0.2) is 22.6 Å². The van der Waals surface area contributed by atoms with Crippen LogP contribution in [0.25, 0.3) is 11.5 Å². The summed E-state index contributed by atoms with van der Waals surface area (Å²) < 4.78 is 5.74. The van der Waals surface area contributed by atoms with Crippen LogP contribution in [0.4, 0.5) is 0 Å². The summed E-state index contributed by atoms with van der Waals surface area (Å²) >= 11 is 0. The van der Waals surface area contributed by atoms with Crippen LogP contribution in [0.5, 0.6) is 0 Å². The zero-order valence-corrected chi connectivity index (χ0v) is 13.0. The number of unbranched alkanes of at least 4 members (excludes halogenated alkanes) is 1. The molecule has 0 fully saturated rings. The summed E-state index contributed by atoms with van der Waals surface area (Å²) in [4.78, 5) is 11.3. The lowest BCUT2D eigenvalue weighted by atomic mass is 10.1. The van der Waals surface area contributed by atoms with Gasteiger partial charge in [0.25, 0.3) is 0 Å². The van der Waals surface area contributed by atoms with E-state index in [1.165, 1.54) is 12.5 Å². The summed E-state index contributed by atoms with van der Waals surface area (Å²) in [5, 5.41) is 11.0. The Bertz CT molecular complexity index is 607. The molecule has 2 aromatic rings. The topological polar surface area (TPSA) is 94.0 Å². The minimum Gasteiger partial charge on any atom is -0.418 e. The molecular formula is C16H22N4O2. The fourth-order valence-corrected chi connectivity index (χ4v) is 2.18. The van der Waals surface area contributed by atoms with Crippen LogP contribution in [-0.2, 0) is 4.79 Å². The van der Waals surface area contributed by atoms with Crippen LogP contribution in [0.3, 0.4) is 0 Å². The van der Waals surface area contributed by atoms with E-state index in [0.717, 1.165) is 24.8 Å². The van der Waals surface area contributed by atoms with E-state index in [-0.39, 0.29) is 11.9 Å². The van der Waals surface area contributed by atoms with Crippen LogP contribution in [0.15, 0.2) is 28.7 Å². The van der Waals surface area contributed by atoms with Gasteiger partial charge >= 0.3 is 0 Å². The molecule has 3 N–H and O–H groups in total. The van der Waals surface area contributed by atoms with E-state index in [1.807, 2.05) is 31.2 Å². The molecule has 0 unspecified atom stereocenters. The van der Waals surface area contributed by atoms with E-state index in [1.54, 1.807) is 0 Å². The third-order valence-corrected chi connectivity index (χ3v) is 3.36. The smallest absolute Gasteiger partial charge is 0.247 e. The zero-order chi connectivity index (χ0) is 15.9. The molecule has 0 spiro atoms. The summed E-state index contributed by atoms with van der Waals surface area (Å²) in [6.07, 6.45) is 2.52. The van der Waals surface area contributed by atoms with Crippen molar-refractivity contribution in [2.45, 2.75) is 39.2 Å². The number of nitrogens with two attached hydrogens (primary N) is 1. The van der Waals surface area contributed by atoms with Crippen LogP contribution < -0.4 is 11.1 Å². The van der Waals surface area contributed by atoms with Gasteiger partial charge in [0.15, 0.2) is 0 Å². The van der Waals surface area contributed by atoms with E-state index in [4.69, 9.17) is 10.2 Å². The van der Waals surface area contributed by atoms with Crippen LogP contribution >= 0.6 is 0 Å². The Morgan fingerprint density at radius 1 is 1.27 bits per heavy atom. The Morgan fingerprint density at radius 2 is 2.00 bits per heavy atom. The molecule has 0 aliphatic rings. The molecule has 1 atom stereocenters. The number of carbonyl (C=O) groups excluding carboxylic acids is 1. The summed E-state index contributed by atoms with van der Waals surface area (Å²) in [7, 11) is 0. The van der Waals surface area contributed by atoms with Gasteiger partial charge in [-0.3, -0.25) is 4.79 Å². The van der Waals surface area contributed by atoms with Gasteiger partial charge in [0, 0.05) is 12.5 Å². The molecule has 1 aromatic heterocycles. The van der Waals surface area contributed by atoms with E-state index >= 15 is 0 Å². The SMILES string of the molecule is CC(=O)N[C@@H](CCCCN)c1nnc(-c2ccc(C)cc2)o1. The van der Waals surface area contributed by atoms with Crippen LogP contribution in [0.1, 0.15) is 43.7 Å². The van der Waals surface area contributed by atoms with Crippen molar-refractivity contribution in [3.05, 3.63) is 35.7 Å². The number of aryl methyl sites for hydroxylation is 1. The predicted molar refractivity (Wildman–Crippen MR) is 83.9 cm³/mol. The Hall–Kier alpha value is -2.21. The highest BCUT2D eigenvalue weighted by Gasteiger charge is 2.19. The van der Waals surface area contributed by atoms with Crippen LogP contribution in [0, 0.1) is 6.92 Å². The summed E-state index contributed by atoms with van der Waals surface area (Å²) in [5.74, 6) is 0.778. The van der Waals surface area contributed by atoms with Gasteiger partial charge in [0.2, 0.25) is 17.7 Å². The molecule has 22 heavy (non-hydrogen) atoms. The number of nitrogens with one attached hydrogen (secondary N) is 1. The summed E-state index contributed by atoms with van der Waals surface area (Å²) in [6.45, 7) is 4.13. The fraction of sp³-hybridized carbons (Fsp3) is 0.438. The molecule has 0 saturated carbocycles. The van der Waals surface area contributed by atoms with E-state index in [9.17, 15) is 4.79 Å². The standard InChI is InChI=1S/C16H22N4O2/c1-11-6-8-13(9-7-11)15-19-20-16(22-15)14(18-12(2)21)5-3-4-10-17/h6-9,14H,3-5,10,17H2,1-2H3,(H,18,21)/t14-/m0/s1. The van der Waals surface area contributed by atoms with Crippen LogP contribution in [0.2, 0.25) is 0 Å². The molecule has 0 bridgehead atoms. The number of nitrogens with zero attached hydrogens (tertiary/aromatic N) is 2. The first kappa shape index (κ1) is 16.2. The Morgan fingerprint density at radius 3 is 2.64 bits per heavy atom. The van der Waals surface area contributed by atoms with Gasteiger partial charge in [0.1, 0.15) is 6.04 Å². The fourth-order valence-electron chi connectivity index (χ4n) is 2.18. The second kappa shape index (κ2) is 7.70. The quantitative estimate of drug-likeness (QED) is 0.766. The molecule has 0 aliphatic carbocycles. The van der Waals surface area contributed by atoms with Crippen molar-refractivity contribution in [3.63, 3.8) is 0 Å². The van der Waals surface area contributed by atoms with Crippen molar-refractivity contribution >= 4 is 5.91 Å². The maximum atomic E-state index is 11.3. The lowest BCUT2D eigenvalue weighted by molar-refractivity contribution is -0.119. The number of hydrogen-bond acceptors (Lipinski definition) is 5. The molecule has 1 heterocycles. The minimum atomic E-state index is -0.268. The molecule has 0 aliphatic heterocycles. The first-order valence-corrected chi connectivity index (χ1v) is 7.47. The lowest BCUT2D eigenvalue weighted by Crippen LogP contribution is -2.26. The lowest BCUT2D eigenvalue weighted by Gasteiger charge is -2.13. The number of aromatic nitrogens is 2. The zero-order valence-electron chi connectivity index (χ0n) is 13.0. The molecule has 6 nitrogen and oxygen atoms in total. The number of benzene rings is 1. The molecular weight excluding hydrogens is 280 g/mol. The first-order chi connectivity index (χ1) is 10.6. The highest BCUT2D eigenvalue weighted by molar-refractivity contribution is 5.73. The van der Waals surface area contributed by atoms with Gasteiger partial charge < -0.3 is 15.5 Å². The molecule has 0 saturated heterocycles. The highest BCUT2D eigenvalue weighted by atomic mass is 16.4. The first-order valence-electron chi connectivity index (χ1n) is 7.47. The summed E-state index contributed by atoms with van der Waals surface area (Å²) in [5.41, 5.74) is 7.54. The molecule has 0 radical (unpaired) electrons. The Kier molecular flexibility index (Phi) is 5.66. The van der Waals surface area contributed by atoms with E-state index < -0.39 is 0 Å². The molecule has 2 rings (SSSR count). The van der Waals surface area contributed by atoms with Gasteiger partial charge in [-0.05, 0) is 44.9 Å². The van der Waals surface area contributed by atoms with Gasteiger partial charge in [-0.2, -0.15) is 0 Å². The van der Waals surface area contributed by atoms with Gasteiger partial charge in [0.05, 0.1) is 0 Å².